The van der Waals surface area contributed by atoms with Gasteiger partial charge < -0.3 is 9.57 Å². The maximum absolute atomic E-state index is 11.3. The van der Waals surface area contributed by atoms with Gasteiger partial charge in [-0.2, -0.15) is 0 Å². The minimum absolute atomic E-state index is 0.144. The number of hydrogen-bond donors (Lipinski definition) is 1. The third-order valence-electron chi connectivity index (χ3n) is 1.90. The van der Waals surface area contributed by atoms with Crippen molar-refractivity contribution in [3.05, 3.63) is 35.9 Å². The molecule has 0 heterocycles. The van der Waals surface area contributed by atoms with Gasteiger partial charge in [-0.15, -0.1) is 5.48 Å². The number of hydroxylamine groups is 1. The van der Waals surface area contributed by atoms with Crippen molar-refractivity contribution in [2.45, 2.75) is 13.3 Å². The van der Waals surface area contributed by atoms with Crippen LogP contribution in [0.1, 0.15) is 12.5 Å². The molecule has 0 aromatic heterocycles. The lowest BCUT2D eigenvalue weighted by atomic mass is 10.2. The SMILES string of the molecule is CCOC(=O)CNOC(=O)Cc1ccccc1. The van der Waals surface area contributed by atoms with Gasteiger partial charge in [0.25, 0.3) is 0 Å². The average molecular weight is 237 g/mol. The summed E-state index contributed by atoms with van der Waals surface area (Å²) >= 11 is 0. The molecule has 1 N–H and O–H groups in total. The molecular weight excluding hydrogens is 222 g/mol. The van der Waals surface area contributed by atoms with Crippen LogP contribution in [-0.2, 0) is 25.6 Å². The van der Waals surface area contributed by atoms with E-state index in [0.29, 0.717) is 6.61 Å². The fourth-order valence-electron chi connectivity index (χ4n) is 1.19. The van der Waals surface area contributed by atoms with Crippen LogP contribution >= 0.6 is 0 Å². The summed E-state index contributed by atoms with van der Waals surface area (Å²) in [6.07, 6.45) is 0.163. The van der Waals surface area contributed by atoms with Crippen LogP contribution in [0.2, 0.25) is 0 Å². The topological polar surface area (TPSA) is 64.6 Å². The average Bonchev–Trinajstić information content (AvgIpc) is 2.30. The van der Waals surface area contributed by atoms with Crippen molar-refractivity contribution < 1.29 is 19.2 Å². The molecule has 1 aromatic carbocycles. The van der Waals surface area contributed by atoms with E-state index in [4.69, 9.17) is 0 Å². The van der Waals surface area contributed by atoms with Gasteiger partial charge in [0.15, 0.2) is 0 Å². The molecule has 0 unspecified atom stereocenters. The number of carbonyl (C=O) groups excluding carboxylic acids is 2. The molecule has 0 bridgehead atoms. The fraction of sp³-hybridized carbons (Fsp3) is 0.333. The first kappa shape index (κ1) is 13.2. The van der Waals surface area contributed by atoms with Gasteiger partial charge in [-0.25, -0.2) is 0 Å². The largest absolute Gasteiger partial charge is 0.465 e. The van der Waals surface area contributed by atoms with Crippen LogP contribution in [0, 0.1) is 0 Å². The predicted molar refractivity (Wildman–Crippen MR) is 60.9 cm³/mol. The Morgan fingerprint density at radius 3 is 2.53 bits per heavy atom. The van der Waals surface area contributed by atoms with E-state index >= 15 is 0 Å². The lowest BCUT2D eigenvalue weighted by Crippen LogP contribution is -2.28. The Kier molecular flexibility index (Phi) is 5.74. The van der Waals surface area contributed by atoms with Crippen LogP contribution in [-0.4, -0.2) is 25.1 Å². The zero-order chi connectivity index (χ0) is 12.5. The second-order valence-electron chi connectivity index (χ2n) is 3.26. The number of hydrogen-bond acceptors (Lipinski definition) is 5. The molecule has 0 saturated carbocycles. The summed E-state index contributed by atoms with van der Waals surface area (Å²) in [5, 5.41) is 0. The summed E-state index contributed by atoms with van der Waals surface area (Å²) in [5.74, 6) is -0.902. The smallest absolute Gasteiger partial charge is 0.329 e. The van der Waals surface area contributed by atoms with E-state index in [1.165, 1.54) is 0 Å². The molecule has 0 aliphatic rings. The molecule has 1 rings (SSSR count). The monoisotopic (exact) mass is 237 g/mol. The van der Waals surface area contributed by atoms with Gasteiger partial charge in [0.1, 0.15) is 6.54 Å². The number of rotatable bonds is 6. The first-order valence-electron chi connectivity index (χ1n) is 5.34. The van der Waals surface area contributed by atoms with Gasteiger partial charge in [-0.3, -0.25) is 9.59 Å². The number of carbonyl (C=O) groups is 2. The summed E-state index contributed by atoms with van der Waals surface area (Å²) < 4.78 is 4.65. The standard InChI is InChI=1S/C12H15NO4/c1-2-16-12(15)9-13-17-11(14)8-10-6-4-3-5-7-10/h3-7,13H,2,8-9H2,1H3. The van der Waals surface area contributed by atoms with Crippen LogP contribution < -0.4 is 5.48 Å². The minimum atomic E-state index is -0.458. The summed E-state index contributed by atoms with van der Waals surface area (Å²) in [6.45, 7) is 1.87. The Bertz CT molecular complexity index is 364. The molecule has 0 aliphatic carbocycles. The Morgan fingerprint density at radius 2 is 1.88 bits per heavy atom. The Morgan fingerprint density at radius 1 is 1.18 bits per heavy atom. The number of esters is 1. The fourth-order valence-corrected chi connectivity index (χ4v) is 1.19. The molecular formula is C12H15NO4. The highest BCUT2D eigenvalue weighted by molar-refractivity contribution is 5.74. The van der Waals surface area contributed by atoms with Gasteiger partial charge in [0.2, 0.25) is 0 Å². The van der Waals surface area contributed by atoms with Crippen molar-refractivity contribution in [3.8, 4) is 0 Å². The Labute approximate surface area is 99.7 Å². The molecule has 0 saturated heterocycles. The second-order valence-corrected chi connectivity index (χ2v) is 3.26. The minimum Gasteiger partial charge on any atom is -0.465 e. The highest BCUT2D eigenvalue weighted by Crippen LogP contribution is 1.99. The molecule has 5 heteroatoms. The molecule has 0 spiro atoms. The van der Waals surface area contributed by atoms with Crippen molar-refractivity contribution >= 4 is 11.9 Å². The van der Waals surface area contributed by atoms with Crippen LogP contribution in [0.5, 0.6) is 0 Å². The lowest BCUT2D eigenvalue weighted by molar-refractivity contribution is -0.154. The number of nitrogens with one attached hydrogen (secondary N) is 1. The van der Waals surface area contributed by atoms with Crippen molar-refractivity contribution in [1.82, 2.24) is 5.48 Å². The predicted octanol–water partition coefficient (Wildman–Crippen LogP) is 0.840. The van der Waals surface area contributed by atoms with E-state index in [1.807, 2.05) is 30.3 Å². The van der Waals surface area contributed by atoms with Gasteiger partial charge in [-0.1, -0.05) is 30.3 Å². The second kappa shape index (κ2) is 7.40. The number of ether oxygens (including phenoxy) is 1. The van der Waals surface area contributed by atoms with Gasteiger partial charge >= 0.3 is 11.9 Å². The highest BCUT2D eigenvalue weighted by Gasteiger charge is 2.06. The maximum atomic E-state index is 11.3. The van der Waals surface area contributed by atoms with E-state index < -0.39 is 11.9 Å². The molecule has 0 fully saturated rings. The van der Waals surface area contributed by atoms with Crippen LogP contribution in [0.15, 0.2) is 30.3 Å². The zero-order valence-electron chi connectivity index (χ0n) is 9.64. The zero-order valence-corrected chi connectivity index (χ0v) is 9.64. The lowest BCUT2D eigenvalue weighted by Gasteiger charge is -2.05. The molecule has 0 aliphatic heterocycles. The van der Waals surface area contributed by atoms with E-state index in [0.717, 1.165) is 5.56 Å². The Balaban J connectivity index is 2.20. The molecule has 0 atom stereocenters. The maximum Gasteiger partial charge on any atom is 0.329 e. The normalized spacial score (nSPS) is 9.71. The third kappa shape index (κ3) is 5.67. The quantitative estimate of drug-likeness (QED) is 0.586. The third-order valence-corrected chi connectivity index (χ3v) is 1.90. The van der Waals surface area contributed by atoms with Crippen LogP contribution in [0.4, 0.5) is 0 Å². The first-order valence-corrected chi connectivity index (χ1v) is 5.34. The molecule has 1 aromatic rings. The van der Waals surface area contributed by atoms with Gasteiger partial charge in [0, 0.05) is 0 Å². The van der Waals surface area contributed by atoms with Crippen LogP contribution in [0.25, 0.3) is 0 Å². The number of benzene rings is 1. The summed E-state index contributed by atoms with van der Waals surface area (Å²) in [7, 11) is 0. The van der Waals surface area contributed by atoms with Crippen molar-refractivity contribution in [1.29, 1.82) is 0 Å². The summed E-state index contributed by atoms with van der Waals surface area (Å²) in [4.78, 5) is 26.9. The van der Waals surface area contributed by atoms with Gasteiger partial charge in [0.05, 0.1) is 13.0 Å². The summed E-state index contributed by atoms with van der Waals surface area (Å²) in [6, 6.07) is 9.20. The van der Waals surface area contributed by atoms with E-state index in [9.17, 15) is 9.59 Å². The van der Waals surface area contributed by atoms with Crippen LogP contribution in [0.3, 0.4) is 0 Å². The first-order chi connectivity index (χ1) is 8.22. The molecule has 92 valence electrons. The van der Waals surface area contributed by atoms with Gasteiger partial charge in [-0.05, 0) is 12.5 Å². The van der Waals surface area contributed by atoms with E-state index in [2.05, 4.69) is 15.1 Å². The highest BCUT2D eigenvalue weighted by atomic mass is 16.7. The van der Waals surface area contributed by atoms with Crippen molar-refractivity contribution in [2.75, 3.05) is 13.2 Å². The molecule has 5 nitrogen and oxygen atoms in total. The van der Waals surface area contributed by atoms with Crippen molar-refractivity contribution in [2.24, 2.45) is 0 Å². The molecule has 0 amide bonds. The van der Waals surface area contributed by atoms with E-state index in [-0.39, 0.29) is 13.0 Å². The van der Waals surface area contributed by atoms with E-state index in [1.54, 1.807) is 6.92 Å². The Hall–Kier alpha value is -1.88. The molecule has 0 radical (unpaired) electrons. The van der Waals surface area contributed by atoms with Crippen molar-refractivity contribution in [3.63, 3.8) is 0 Å². The summed E-state index contributed by atoms with van der Waals surface area (Å²) in [5.41, 5.74) is 3.12. The molecule has 17 heavy (non-hydrogen) atoms.